The highest BCUT2D eigenvalue weighted by molar-refractivity contribution is 14.1. The van der Waals surface area contributed by atoms with Gasteiger partial charge in [-0.2, -0.15) is 0 Å². The van der Waals surface area contributed by atoms with E-state index < -0.39 is 23.8 Å². The lowest BCUT2D eigenvalue weighted by Crippen LogP contribution is -2.33. The number of cyclic esters (lactones) is 1. The van der Waals surface area contributed by atoms with Gasteiger partial charge in [0.25, 0.3) is 0 Å². The number of carbonyl (C=O) groups is 2. The molecule has 8 heteroatoms. The third kappa shape index (κ3) is 3.17. The Balaban J connectivity index is 2.14. The van der Waals surface area contributed by atoms with Gasteiger partial charge < -0.3 is 10.1 Å². The molecule has 1 aromatic rings. The zero-order chi connectivity index (χ0) is 14.9. The topological polar surface area (TPSA) is 58.6 Å². The van der Waals surface area contributed by atoms with Crippen LogP contribution in [0.2, 0.25) is 0 Å². The van der Waals surface area contributed by atoms with Crippen molar-refractivity contribution in [2.75, 3.05) is 18.0 Å². The van der Waals surface area contributed by atoms with E-state index in [0.29, 0.717) is 0 Å². The summed E-state index contributed by atoms with van der Waals surface area (Å²) in [6, 6.07) is 2.15. The molecule has 0 unspecified atom stereocenters. The average molecular weight is 396 g/mol. The van der Waals surface area contributed by atoms with Crippen LogP contribution in [0.3, 0.4) is 0 Å². The monoisotopic (exact) mass is 396 g/mol. The molecular formula is C12H11F2IN2O3. The van der Waals surface area contributed by atoms with Crippen LogP contribution in [-0.2, 0) is 9.53 Å². The Morgan fingerprint density at radius 3 is 2.65 bits per heavy atom. The summed E-state index contributed by atoms with van der Waals surface area (Å²) in [7, 11) is 0. The Kier molecular flexibility index (Phi) is 4.41. The van der Waals surface area contributed by atoms with Crippen molar-refractivity contribution >= 4 is 40.3 Å². The molecule has 108 valence electrons. The molecule has 20 heavy (non-hydrogen) atoms. The lowest BCUT2D eigenvalue weighted by Gasteiger charge is -2.14. The van der Waals surface area contributed by atoms with Crippen molar-refractivity contribution in [2.45, 2.75) is 13.0 Å². The third-order valence-electron chi connectivity index (χ3n) is 2.73. The number of nitrogens with zero attached hydrogens (tertiary/aromatic N) is 1. The van der Waals surface area contributed by atoms with Gasteiger partial charge in [0.2, 0.25) is 5.91 Å². The molecule has 2 amide bonds. The first-order chi connectivity index (χ1) is 9.38. The fourth-order valence-corrected chi connectivity index (χ4v) is 2.11. The minimum atomic E-state index is -0.737. The van der Waals surface area contributed by atoms with E-state index in [9.17, 15) is 18.4 Å². The molecule has 1 atom stereocenters. The predicted octanol–water partition coefficient (Wildman–Crippen LogP) is 2.03. The van der Waals surface area contributed by atoms with Crippen molar-refractivity contribution in [3.05, 3.63) is 27.3 Å². The molecule has 0 aromatic heterocycles. The summed E-state index contributed by atoms with van der Waals surface area (Å²) in [5.41, 5.74) is 0.0933. The Labute approximate surface area is 127 Å². The molecule has 1 aliphatic rings. The van der Waals surface area contributed by atoms with Crippen molar-refractivity contribution in [2.24, 2.45) is 0 Å². The molecule has 1 aliphatic heterocycles. The van der Waals surface area contributed by atoms with Crippen LogP contribution in [0, 0.1) is 15.2 Å². The van der Waals surface area contributed by atoms with Crippen molar-refractivity contribution in [3.63, 3.8) is 0 Å². The van der Waals surface area contributed by atoms with Gasteiger partial charge in [-0.25, -0.2) is 13.6 Å². The van der Waals surface area contributed by atoms with Gasteiger partial charge in [-0.15, -0.1) is 0 Å². The Morgan fingerprint density at radius 2 is 2.10 bits per heavy atom. The maximum atomic E-state index is 13.5. The second-order valence-corrected chi connectivity index (χ2v) is 5.36. The summed E-state index contributed by atoms with van der Waals surface area (Å²) >= 11 is 1.55. The highest BCUT2D eigenvalue weighted by atomic mass is 127. The maximum Gasteiger partial charge on any atom is 0.414 e. The molecule has 0 bridgehead atoms. The Hall–Kier alpha value is -1.45. The van der Waals surface area contributed by atoms with Gasteiger partial charge >= 0.3 is 6.09 Å². The molecule has 0 radical (unpaired) electrons. The van der Waals surface area contributed by atoms with Gasteiger partial charge in [-0.1, -0.05) is 0 Å². The molecule has 1 aromatic carbocycles. The van der Waals surface area contributed by atoms with Crippen molar-refractivity contribution in [1.29, 1.82) is 0 Å². The molecule has 1 fully saturated rings. The summed E-state index contributed by atoms with van der Waals surface area (Å²) in [5, 5.41) is 2.52. The zero-order valence-electron chi connectivity index (χ0n) is 10.5. The quantitative estimate of drug-likeness (QED) is 0.629. The van der Waals surface area contributed by atoms with E-state index in [0.717, 1.165) is 17.0 Å². The van der Waals surface area contributed by atoms with Gasteiger partial charge in [-0.05, 0) is 34.7 Å². The molecule has 1 heterocycles. The van der Waals surface area contributed by atoms with Crippen LogP contribution in [-0.4, -0.2) is 31.2 Å². The van der Waals surface area contributed by atoms with Gasteiger partial charge in [-0.3, -0.25) is 9.69 Å². The van der Waals surface area contributed by atoms with Gasteiger partial charge in [0.1, 0.15) is 17.7 Å². The molecule has 5 nitrogen and oxygen atoms in total. The lowest BCUT2D eigenvalue weighted by molar-refractivity contribution is -0.119. The van der Waals surface area contributed by atoms with Crippen LogP contribution in [0.15, 0.2) is 12.1 Å². The van der Waals surface area contributed by atoms with E-state index in [1.165, 1.54) is 6.92 Å². The lowest BCUT2D eigenvalue weighted by atomic mass is 10.2. The van der Waals surface area contributed by atoms with Gasteiger partial charge in [0.15, 0.2) is 0 Å². The summed E-state index contributed by atoms with van der Waals surface area (Å²) in [5.74, 6) is -1.72. The highest BCUT2D eigenvalue weighted by Crippen LogP contribution is 2.26. The maximum absolute atomic E-state index is 13.5. The van der Waals surface area contributed by atoms with E-state index >= 15 is 0 Å². The van der Waals surface area contributed by atoms with Crippen LogP contribution in [0.1, 0.15) is 6.92 Å². The molecule has 0 spiro atoms. The standard InChI is InChI=1S/C12H11F2IN2O3/c1-6(18)16-4-8-5-17(12(19)20-8)7-2-9(13)11(15)10(14)3-7/h2-3,8H,4-5H2,1H3,(H,16,18)/t8-/m1/s1. The number of amides is 2. The van der Waals surface area contributed by atoms with Crippen molar-refractivity contribution < 1.29 is 23.1 Å². The van der Waals surface area contributed by atoms with Crippen LogP contribution in [0.25, 0.3) is 0 Å². The van der Waals surface area contributed by atoms with Crippen LogP contribution < -0.4 is 10.2 Å². The summed E-state index contributed by atoms with van der Waals surface area (Å²) in [6.45, 7) is 1.63. The van der Waals surface area contributed by atoms with Crippen molar-refractivity contribution in [3.8, 4) is 0 Å². The fraction of sp³-hybridized carbons (Fsp3) is 0.333. The average Bonchev–Trinajstić information content (AvgIpc) is 2.74. The molecule has 2 rings (SSSR count). The normalized spacial score (nSPS) is 18.1. The number of anilines is 1. The third-order valence-corrected chi connectivity index (χ3v) is 3.76. The van der Waals surface area contributed by atoms with Crippen LogP contribution in [0.4, 0.5) is 19.3 Å². The number of halogens is 3. The smallest absolute Gasteiger partial charge is 0.414 e. The summed E-state index contributed by atoms with van der Waals surface area (Å²) < 4.78 is 31.9. The first kappa shape index (κ1) is 14.9. The number of carbonyl (C=O) groups excluding carboxylic acids is 2. The number of benzene rings is 1. The number of nitrogens with one attached hydrogen (secondary N) is 1. The largest absolute Gasteiger partial charge is 0.442 e. The Morgan fingerprint density at radius 1 is 1.50 bits per heavy atom. The van der Waals surface area contributed by atoms with E-state index in [-0.39, 0.29) is 28.3 Å². The van der Waals surface area contributed by atoms with Crippen LogP contribution >= 0.6 is 22.6 Å². The van der Waals surface area contributed by atoms with Gasteiger partial charge in [0.05, 0.1) is 22.3 Å². The highest BCUT2D eigenvalue weighted by Gasteiger charge is 2.33. The summed E-state index contributed by atoms with van der Waals surface area (Å²) in [6.07, 6.45) is -1.24. The van der Waals surface area contributed by atoms with Crippen LogP contribution in [0.5, 0.6) is 0 Å². The first-order valence-corrected chi connectivity index (χ1v) is 6.83. The molecule has 1 N–H and O–H groups in total. The number of hydrogen-bond donors (Lipinski definition) is 1. The Bertz CT molecular complexity index is 545. The van der Waals surface area contributed by atoms with E-state index in [1.54, 1.807) is 22.6 Å². The number of rotatable bonds is 3. The summed E-state index contributed by atoms with van der Waals surface area (Å²) in [4.78, 5) is 23.6. The molecule has 0 saturated carbocycles. The predicted molar refractivity (Wildman–Crippen MR) is 75.4 cm³/mol. The second-order valence-electron chi connectivity index (χ2n) is 4.28. The molecular weight excluding hydrogens is 385 g/mol. The fourth-order valence-electron chi connectivity index (χ4n) is 1.79. The second kappa shape index (κ2) is 5.90. The van der Waals surface area contributed by atoms with E-state index in [1.807, 2.05) is 0 Å². The van der Waals surface area contributed by atoms with Crippen molar-refractivity contribution in [1.82, 2.24) is 5.32 Å². The van der Waals surface area contributed by atoms with Gasteiger partial charge in [0, 0.05) is 6.92 Å². The minimum Gasteiger partial charge on any atom is -0.442 e. The molecule has 0 aliphatic carbocycles. The molecule has 1 saturated heterocycles. The number of ether oxygens (including phenoxy) is 1. The van der Waals surface area contributed by atoms with E-state index in [2.05, 4.69) is 5.32 Å². The first-order valence-electron chi connectivity index (χ1n) is 5.75. The number of hydrogen-bond acceptors (Lipinski definition) is 3. The SMILES string of the molecule is CC(=O)NC[C@@H]1CN(c2cc(F)c(I)c(F)c2)C(=O)O1. The van der Waals surface area contributed by atoms with E-state index in [4.69, 9.17) is 4.74 Å². The zero-order valence-corrected chi connectivity index (χ0v) is 12.6. The minimum absolute atomic E-state index is 0.0933.